The van der Waals surface area contributed by atoms with Crippen LogP contribution < -0.4 is 4.74 Å². The lowest BCUT2D eigenvalue weighted by atomic mass is 10.4. The minimum absolute atomic E-state index is 0.371. The Labute approximate surface area is 102 Å². The van der Waals surface area contributed by atoms with Crippen molar-refractivity contribution in [2.24, 2.45) is 0 Å². The molecule has 0 N–H and O–H groups in total. The summed E-state index contributed by atoms with van der Waals surface area (Å²) in [6.45, 7) is 0. The zero-order chi connectivity index (χ0) is 13.4. The molecule has 0 aliphatic carbocycles. The van der Waals surface area contributed by atoms with Crippen LogP contribution in [0.15, 0.2) is 11.1 Å². The van der Waals surface area contributed by atoms with Gasteiger partial charge in [0.05, 0.1) is 5.02 Å². The van der Waals surface area contributed by atoms with E-state index in [2.05, 4.69) is 9.72 Å². The van der Waals surface area contributed by atoms with Crippen molar-refractivity contribution >= 4 is 31.3 Å². The van der Waals surface area contributed by atoms with E-state index < -0.39 is 37.2 Å². The molecule has 0 amide bonds. The summed E-state index contributed by atoms with van der Waals surface area (Å²) >= 11 is 5.17. The molecule has 0 radical (unpaired) electrons. The molecule has 0 atom stereocenters. The third-order valence-electron chi connectivity index (χ3n) is 1.31. The monoisotopic (exact) mass is 313 g/mol. The van der Waals surface area contributed by atoms with Gasteiger partial charge in [-0.05, 0) is 0 Å². The van der Waals surface area contributed by atoms with E-state index in [0.717, 1.165) is 0 Å². The second kappa shape index (κ2) is 4.46. The quantitative estimate of drug-likeness (QED) is 0.622. The molecule has 1 aromatic rings. The van der Waals surface area contributed by atoms with E-state index in [-0.39, 0.29) is 0 Å². The molecule has 96 valence electrons. The van der Waals surface area contributed by atoms with Gasteiger partial charge in [-0.25, -0.2) is 12.8 Å². The van der Waals surface area contributed by atoms with Crippen LogP contribution in [0.25, 0.3) is 0 Å². The van der Waals surface area contributed by atoms with E-state index in [1.54, 1.807) is 0 Å². The van der Waals surface area contributed by atoms with Crippen molar-refractivity contribution in [2.45, 2.75) is 11.4 Å². The van der Waals surface area contributed by atoms with Crippen LogP contribution in [0.2, 0.25) is 5.02 Å². The minimum Gasteiger partial charge on any atom is -0.388 e. The van der Waals surface area contributed by atoms with Gasteiger partial charge in [-0.15, -0.1) is 13.2 Å². The number of rotatable bonds is 2. The molecule has 0 aliphatic rings. The van der Waals surface area contributed by atoms with E-state index in [1.807, 2.05) is 0 Å². The van der Waals surface area contributed by atoms with Gasteiger partial charge in [-0.3, -0.25) is 0 Å². The molecule has 0 saturated carbocycles. The molecule has 1 rings (SSSR count). The molecule has 4 nitrogen and oxygen atoms in total. The van der Waals surface area contributed by atoms with E-state index in [9.17, 15) is 26.0 Å². The molecular weight excluding hydrogens is 313 g/mol. The average molecular weight is 314 g/mol. The van der Waals surface area contributed by atoms with Crippen molar-refractivity contribution in [2.75, 3.05) is 0 Å². The standard InChI is InChI=1S/C6HCl2F4NO3S/c7-2-1-3(16-6(10,11)12)13-5(4(2)9)17(8,14)15/h1H. The minimum atomic E-state index is -5.12. The zero-order valence-corrected chi connectivity index (χ0v) is 9.75. The fourth-order valence-electron chi connectivity index (χ4n) is 0.788. The van der Waals surface area contributed by atoms with Gasteiger partial charge in [-0.1, -0.05) is 11.6 Å². The summed E-state index contributed by atoms with van der Waals surface area (Å²) in [6, 6.07) is 0.371. The summed E-state index contributed by atoms with van der Waals surface area (Å²) in [6.07, 6.45) is -5.12. The third kappa shape index (κ3) is 3.86. The van der Waals surface area contributed by atoms with Crippen LogP contribution >= 0.6 is 22.3 Å². The smallest absolute Gasteiger partial charge is 0.388 e. The first kappa shape index (κ1) is 14.3. The molecule has 17 heavy (non-hydrogen) atoms. The molecule has 0 saturated heterocycles. The van der Waals surface area contributed by atoms with Gasteiger partial charge in [-0.2, -0.15) is 4.98 Å². The molecule has 11 heteroatoms. The van der Waals surface area contributed by atoms with Gasteiger partial charge >= 0.3 is 6.36 Å². The molecule has 0 fully saturated rings. The van der Waals surface area contributed by atoms with Crippen LogP contribution in [0.5, 0.6) is 5.88 Å². The van der Waals surface area contributed by atoms with E-state index in [0.29, 0.717) is 6.07 Å². The average Bonchev–Trinajstić information content (AvgIpc) is 2.06. The number of alkyl halides is 3. The number of hydrogen-bond acceptors (Lipinski definition) is 4. The van der Waals surface area contributed by atoms with Gasteiger partial charge in [0.15, 0.2) is 5.82 Å². The third-order valence-corrected chi connectivity index (χ3v) is 2.76. The molecule has 0 spiro atoms. The topological polar surface area (TPSA) is 56.3 Å². The number of ether oxygens (including phenoxy) is 1. The summed E-state index contributed by atoms with van der Waals surface area (Å²) in [5.41, 5.74) is 0. The van der Waals surface area contributed by atoms with Gasteiger partial charge in [0.2, 0.25) is 10.9 Å². The Balaban J connectivity index is 3.35. The Morgan fingerprint density at radius 1 is 1.35 bits per heavy atom. The summed E-state index contributed by atoms with van der Waals surface area (Å²) in [4.78, 5) is 2.77. The van der Waals surface area contributed by atoms with Crippen LogP contribution in [0.3, 0.4) is 0 Å². The molecule has 0 unspecified atom stereocenters. The molecule has 1 aromatic heterocycles. The highest BCUT2D eigenvalue weighted by Crippen LogP contribution is 2.29. The summed E-state index contributed by atoms with van der Waals surface area (Å²) < 4.78 is 73.4. The normalized spacial score (nSPS) is 12.6. The van der Waals surface area contributed by atoms with E-state index in [1.165, 1.54) is 0 Å². The lowest BCUT2D eigenvalue weighted by Crippen LogP contribution is -2.18. The van der Waals surface area contributed by atoms with Crippen LogP contribution in [-0.2, 0) is 9.05 Å². The van der Waals surface area contributed by atoms with Crippen LogP contribution in [0.4, 0.5) is 17.6 Å². The van der Waals surface area contributed by atoms with Crippen molar-refractivity contribution in [1.82, 2.24) is 4.98 Å². The Morgan fingerprint density at radius 3 is 2.29 bits per heavy atom. The highest BCUT2D eigenvalue weighted by molar-refractivity contribution is 8.13. The summed E-state index contributed by atoms with van der Waals surface area (Å²) in [5, 5.41) is -2.36. The maximum atomic E-state index is 13.1. The van der Waals surface area contributed by atoms with Gasteiger partial charge in [0.1, 0.15) is 0 Å². The molecular formula is C6HCl2F4NO3S. The van der Waals surface area contributed by atoms with Crippen molar-refractivity contribution in [3.63, 3.8) is 0 Å². The maximum absolute atomic E-state index is 13.1. The second-order valence-electron chi connectivity index (χ2n) is 2.55. The fourth-order valence-corrected chi connectivity index (χ4v) is 1.86. The van der Waals surface area contributed by atoms with Crippen LogP contribution in [0, 0.1) is 5.82 Å². The first-order chi connectivity index (χ1) is 7.50. The predicted octanol–water partition coefficient (Wildman–Crippen LogP) is 2.70. The highest BCUT2D eigenvalue weighted by Gasteiger charge is 2.33. The first-order valence-corrected chi connectivity index (χ1v) is 6.26. The van der Waals surface area contributed by atoms with E-state index >= 15 is 0 Å². The zero-order valence-electron chi connectivity index (χ0n) is 7.43. The second-order valence-corrected chi connectivity index (χ2v) is 5.44. The van der Waals surface area contributed by atoms with Gasteiger partial charge < -0.3 is 4.74 Å². The molecule has 0 aliphatic heterocycles. The fraction of sp³-hybridized carbons (Fsp3) is 0.167. The largest absolute Gasteiger partial charge is 0.574 e. The van der Waals surface area contributed by atoms with Gasteiger partial charge in [0.25, 0.3) is 9.05 Å². The summed E-state index contributed by atoms with van der Waals surface area (Å²) in [7, 11) is 0.0735. The van der Waals surface area contributed by atoms with Crippen molar-refractivity contribution in [3.8, 4) is 5.88 Å². The lowest BCUT2D eigenvalue weighted by molar-refractivity contribution is -0.276. The molecule has 1 heterocycles. The maximum Gasteiger partial charge on any atom is 0.574 e. The predicted molar refractivity (Wildman–Crippen MR) is 48.9 cm³/mol. The Morgan fingerprint density at radius 2 is 1.88 bits per heavy atom. The van der Waals surface area contributed by atoms with Crippen LogP contribution in [0.1, 0.15) is 0 Å². The number of halogens is 6. The number of aromatic nitrogens is 1. The Bertz CT molecular complexity index is 545. The van der Waals surface area contributed by atoms with Crippen molar-refractivity contribution in [3.05, 3.63) is 16.9 Å². The Kier molecular flexibility index (Phi) is 3.75. The van der Waals surface area contributed by atoms with Crippen LogP contribution in [-0.4, -0.2) is 19.8 Å². The number of hydrogen-bond donors (Lipinski definition) is 0. The lowest BCUT2D eigenvalue weighted by Gasteiger charge is -2.09. The first-order valence-electron chi connectivity index (χ1n) is 3.57. The van der Waals surface area contributed by atoms with Crippen molar-refractivity contribution in [1.29, 1.82) is 0 Å². The number of pyridine rings is 1. The summed E-state index contributed by atoms with van der Waals surface area (Å²) in [5.74, 6) is -2.79. The van der Waals surface area contributed by atoms with E-state index in [4.69, 9.17) is 22.3 Å². The highest BCUT2D eigenvalue weighted by atomic mass is 35.7. The van der Waals surface area contributed by atoms with Gasteiger partial charge in [0, 0.05) is 16.7 Å². The number of nitrogens with zero attached hydrogens (tertiary/aromatic N) is 1. The van der Waals surface area contributed by atoms with Crippen molar-refractivity contribution < 1.29 is 30.7 Å². The molecule has 0 aromatic carbocycles. The SMILES string of the molecule is O=S(=O)(Cl)c1nc(OC(F)(F)F)cc(Cl)c1F. The Hall–Kier alpha value is -0.800. The molecule has 0 bridgehead atoms.